The summed E-state index contributed by atoms with van der Waals surface area (Å²) in [6.07, 6.45) is -0.483. The van der Waals surface area contributed by atoms with Crippen molar-refractivity contribution in [1.29, 1.82) is 0 Å². The zero-order valence-corrected chi connectivity index (χ0v) is 14.1. The number of carbonyl (C=O) groups is 2. The van der Waals surface area contributed by atoms with E-state index < -0.39 is 23.6 Å². The lowest BCUT2D eigenvalue weighted by Gasteiger charge is -2.14. The number of hydrogen-bond acceptors (Lipinski definition) is 4. The third-order valence-electron chi connectivity index (χ3n) is 4.53. The van der Waals surface area contributed by atoms with E-state index in [2.05, 4.69) is 0 Å². The highest BCUT2D eigenvalue weighted by Crippen LogP contribution is 2.30. The SMILES string of the molecule is CC1(C)CC(OC(=O)c2cccc3cc4ccccc4cc23)C(=O)O1. The molecule has 1 aliphatic heterocycles. The van der Waals surface area contributed by atoms with E-state index in [1.807, 2.05) is 62.4 Å². The first kappa shape index (κ1) is 15.6. The molecule has 0 bridgehead atoms. The number of carbonyl (C=O) groups excluding carboxylic acids is 2. The second-order valence-electron chi connectivity index (χ2n) is 7.00. The van der Waals surface area contributed by atoms with Crippen LogP contribution in [0, 0.1) is 0 Å². The average Bonchev–Trinajstić information content (AvgIpc) is 2.84. The van der Waals surface area contributed by atoms with E-state index in [0.717, 1.165) is 21.5 Å². The monoisotopic (exact) mass is 334 g/mol. The summed E-state index contributed by atoms with van der Waals surface area (Å²) in [5, 5.41) is 3.94. The first-order valence-electron chi connectivity index (χ1n) is 8.28. The summed E-state index contributed by atoms with van der Waals surface area (Å²) in [5.41, 5.74) is -0.141. The van der Waals surface area contributed by atoms with Gasteiger partial charge in [-0.05, 0) is 53.6 Å². The van der Waals surface area contributed by atoms with Gasteiger partial charge in [0.1, 0.15) is 5.60 Å². The molecule has 1 aliphatic rings. The minimum Gasteiger partial charge on any atom is -0.457 e. The van der Waals surface area contributed by atoms with Gasteiger partial charge in [0.25, 0.3) is 0 Å². The lowest BCUT2D eigenvalue weighted by atomic mass is 9.99. The second-order valence-corrected chi connectivity index (χ2v) is 7.00. The smallest absolute Gasteiger partial charge is 0.348 e. The number of ether oxygens (including phenoxy) is 2. The third kappa shape index (κ3) is 2.84. The second kappa shape index (κ2) is 5.59. The fourth-order valence-electron chi connectivity index (χ4n) is 3.34. The molecule has 1 atom stereocenters. The Balaban J connectivity index is 1.72. The van der Waals surface area contributed by atoms with E-state index in [9.17, 15) is 9.59 Å². The predicted octanol–water partition coefficient (Wildman–Crippen LogP) is 4.24. The molecule has 0 saturated carbocycles. The van der Waals surface area contributed by atoms with Gasteiger partial charge in [-0.3, -0.25) is 0 Å². The third-order valence-corrected chi connectivity index (χ3v) is 4.53. The van der Waals surface area contributed by atoms with E-state index in [0.29, 0.717) is 12.0 Å². The van der Waals surface area contributed by atoms with Gasteiger partial charge in [-0.2, -0.15) is 0 Å². The van der Waals surface area contributed by atoms with Crippen LogP contribution in [-0.4, -0.2) is 23.6 Å². The van der Waals surface area contributed by atoms with Crippen LogP contribution in [0.2, 0.25) is 0 Å². The van der Waals surface area contributed by atoms with Crippen LogP contribution in [0.25, 0.3) is 21.5 Å². The molecule has 126 valence electrons. The molecule has 1 saturated heterocycles. The van der Waals surface area contributed by atoms with Crippen molar-refractivity contribution in [2.75, 3.05) is 0 Å². The summed E-state index contributed by atoms with van der Waals surface area (Å²) in [6, 6.07) is 17.5. The summed E-state index contributed by atoms with van der Waals surface area (Å²) in [5.74, 6) is -0.982. The Kier molecular flexibility index (Phi) is 3.49. The lowest BCUT2D eigenvalue weighted by Crippen LogP contribution is -2.23. The maximum absolute atomic E-state index is 12.7. The zero-order chi connectivity index (χ0) is 17.6. The van der Waals surface area contributed by atoms with E-state index in [1.54, 1.807) is 6.07 Å². The van der Waals surface area contributed by atoms with Crippen molar-refractivity contribution in [2.45, 2.75) is 32.0 Å². The molecule has 1 heterocycles. The van der Waals surface area contributed by atoms with Gasteiger partial charge in [-0.15, -0.1) is 0 Å². The van der Waals surface area contributed by atoms with Crippen molar-refractivity contribution in [3.05, 3.63) is 60.2 Å². The Hall–Kier alpha value is -2.88. The summed E-state index contributed by atoms with van der Waals surface area (Å²) < 4.78 is 10.7. The number of hydrogen-bond donors (Lipinski definition) is 0. The van der Waals surface area contributed by atoms with Gasteiger partial charge in [0.05, 0.1) is 5.56 Å². The lowest BCUT2D eigenvalue weighted by molar-refractivity contribution is -0.151. The molecular weight excluding hydrogens is 316 g/mol. The van der Waals surface area contributed by atoms with Crippen LogP contribution in [0.15, 0.2) is 54.6 Å². The van der Waals surface area contributed by atoms with Crippen LogP contribution in [0.3, 0.4) is 0 Å². The molecule has 4 rings (SSSR count). The number of cyclic esters (lactones) is 1. The van der Waals surface area contributed by atoms with Crippen molar-refractivity contribution in [2.24, 2.45) is 0 Å². The molecule has 3 aromatic rings. The number of benzene rings is 3. The van der Waals surface area contributed by atoms with Crippen molar-refractivity contribution in [1.82, 2.24) is 0 Å². The van der Waals surface area contributed by atoms with Gasteiger partial charge in [0.2, 0.25) is 6.10 Å². The quantitative estimate of drug-likeness (QED) is 0.519. The summed E-state index contributed by atoms with van der Waals surface area (Å²) in [6.45, 7) is 3.62. The Morgan fingerprint density at radius 2 is 1.72 bits per heavy atom. The van der Waals surface area contributed by atoms with Crippen LogP contribution in [0.1, 0.15) is 30.6 Å². The molecule has 0 N–H and O–H groups in total. The van der Waals surface area contributed by atoms with E-state index in [4.69, 9.17) is 9.47 Å². The Morgan fingerprint density at radius 1 is 1.04 bits per heavy atom. The van der Waals surface area contributed by atoms with Crippen molar-refractivity contribution in [3.63, 3.8) is 0 Å². The van der Waals surface area contributed by atoms with Crippen LogP contribution < -0.4 is 0 Å². The highest BCUT2D eigenvalue weighted by atomic mass is 16.6. The van der Waals surface area contributed by atoms with E-state index in [-0.39, 0.29) is 0 Å². The maximum Gasteiger partial charge on any atom is 0.348 e. The molecule has 4 heteroatoms. The molecule has 1 fully saturated rings. The van der Waals surface area contributed by atoms with Gasteiger partial charge in [0.15, 0.2) is 0 Å². The molecule has 0 amide bonds. The highest BCUT2D eigenvalue weighted by Gasteiger charge is 2.42. The first-order chi connectivity index (χ1) is 11.9. The molecule has 3 aromatic carbocycles. The highest BCUT2D eigenvalue weighted by molar-refractivity contribution is 6.09. The first-order valence-corrected chi connectivity index (χ1v) is 8.28. The Labute approximate surface area is 145 Å². The number of fused-ring (bicyclic) bond motifs is 2. The number of rotatable bonds is 2. The van der Waals surface area contributed by atoms with Crippen molar-refractivity contribution in [3.8, 4) is 0 Å². The van der Waals surface area contributed by atoms with Crippen LogP contribution in [-0.2, 0) is 14.3 Å². The maximum atomic E-state index is 12.7. The van der Waals surface area contributed by atoms with Crippen LogP contribution in [0.5, 0.6) is 0 Å². The largest absolute Gasteiger partial charge is 0.457 e. The van der Waals surface area contributed by atoms with Crippen LogP contribution >= 0.6 is 0 Å². The molecule has 4 nitrogen and oxygen atoms in total. The van der Waals surface area contributed by atoms with Gasteiger partial charge < -0.3 is 9.47 Å². The predicted molar refractivity (Wildman–Crippen MR) is 95.4 cm³/mol. The van der Waals surface area contributed by atoms with Gasteiger partial charge in [0, 0.05) is 6.42 Å². The summed E-state index contributed by atoms with van der Waals surface area (Å²) in [4.78, 5) is 24.6. The molecule has 1 unspecified atom stereocenters. The minimum absolute atomic E-state index is 0.366. The number of esters is 2. The van der Waals surface area contributed by atoms with Gasteiger partial charge in [-0.25, -0.2) is 9.59 Å². The molecular formula is C21H18O4. The zero-order valence-electron chi connectivity index (χ0n) is 14.1. The van der Waals surface area contributed by atoms with Crippen molar-refractivity contribution >= 4 is 33.5 Å². The molecule has 0 aliphatic carbocycles. The van der Waals surface area contributed by atoms with E-state index >= 15 is 0 Å². The molecule has 0 aromatic heterocycles. The summed E-state index contributed by atoms with van der Waals surface area (Å²) in [7, 11) is 0. The molecule has 0 radical (unpaired) electrons. The fourth-order valence-corrected chi connectivity index (χ4v) is 3.34. The minimum atomic E-state index is -0.849. The van der Waals surface area contributed by atoms with Gasteiger partial charge >= 0.3 is 11.9 Å². The molecule has 25 heavy (non-hydrogen) atoms. The topological polar surface area (TPSA) is 52.6 Å². The van der Waals surface area contributed by atoms with Crippen LogP contribution in [0.4, 0.5) is 0 Å². The Bertz CT molecular complexity index is 1000. The van der Waals surface area contributed by atoms with Crippen molar-refractivity contribution < 1.29 is 19.1 Å². The Morgan fingerprint density at radius 3 is 2.40 bits per heavy atom. The normalized spacial score (nSPS) is 19.1. The van der Waals surface area contributed by atoms with E-state index in [1.165, 1.54) is 0 Å². The van der Waals surface area contributed by atoms with Gasteiger partial charge in [-0.1, -0.05) is 36.4 Å². The average molecular weight is 334 g/mol. The summed E-state index contributed by atoms with van der Waals surface area (Å²) >= 11 is 0. The molecule has 0 spiro atoms. The standard InChI is InChI=1S/C21H18O4/c1-21(2)12-18(20(23)25-21)24-19(22)16-9-5-8-15-10-13-6-3-4-7-14(13)11-17(15)16/h3-11,18H,12H2,1-2H3. The fraction of sp³-hybridized carbons (Fsp3) is 0.238.